The molecule has 0 aromatic heterocycles. The van der Waals surface area contributed by atoms with Gasteiger partial charge in [0.15, 0.2) is 6.29 Å². The van der Waals surface area contributed by atoms with E-state index < -0.39 is 30.7 Å². The topological polar surface area (TPSA) is 57.2 Å². The molecule has 27 heavy (non-hydrogen) atoms. The van der Waals surface area contributed by atoms with Crippen LogP contribution in [-0.2, 0) is 32.2 Å². The van der Waals surface area contributed by atoms with Crippen molar-refractivity contribution in [3.63, 3.8) is 0 Å². The number of aliphatic hydroxyl groups is 1. The van der Waals surface area contributed by atoms with Crippen LogP contribution < -0.4 is 0 Å². The number of methoxy groups -OCH3 is 1. The largest absolute Gasteiger partial charge is 0.388 e. The molecule has 0 radical (unpaired) electrons. The van der Waals surface area contributed by atoms with Gasteiger partial charge in [-0.15, -0.1) is 0 Å². The first-order valence-corrected chi connectivity index (χ1v) is 9.64. The van der Waals surface area contributed by atoms with Crippen molar-refractivity contribution in [1.82, 2.24) is 0 Å². The van der Waals surface area contributed by atoms with Crippen LogP contribution in [-0.4, -0.2) is 48.7 Å². The minimum absolute atomic E-state index is 0.359. The predicted octanol–water partition coefficient (Wildman–Crippen LogP) is 2.82. The summed E-state index contributed by atoms with van der Waals surface area (Å²) >= 11 is 4.28. The van der Waals surface area contributed by atoms with Gasteiger partial charge in [0.25, 0.3) is 0 Å². The Morgan fingerprint density at radius 3 is 1.89 bits per heavy atom. The Bertz CT molecular complexity index is 669. The summed E-state index contributed by atoms with van der Waals surface area (Å²) in [6, 6.07) is 19.7. The van der Waals surface area contributed by atoms with Gasteiger partial charge in [0.2, 0.25) is 0 Å². The number of aliphatic hydroxyl groups excluding tert-OH is 1. The first-order chi connectivity index (χ1) is 13.2. The third-order valence-electron chi connectivity index (χ3n) is 4.60. The van der Waals surface area contributed by atoms with Crippen molar-refractivity contribution >= 4 is 12.6 Å². The van der Waals surface area contributed by atoms with Crippen LogP contribution in [0.3, 0.4) is 0 Å². The Balaban J connectivity index is 1.73. The molecule has 3 rings (SSSR count). The second-order valence-electron chi connectivity index (χ2n) is 6.47. The Morgan fingerprint density at radius 1 is 0.889 bits per heavy atom. The summed E-state index contributed by atoms with van der Waals surface area (Å²) in [5.74, 6) is 0.359. The van der Waals surface area contributed by atoms with Gasteiger partial charge in [0.1, 0.15) is 18.3 Å². The predicted molar refractivity (Wildman–Crippen MR) is 106 cm³/mol. The van der Waals surface area contributed by atoms with Gasteiger partial charge in [-0.3, -0.25) is 0 Å². The van der Waals surface area contributed by atoms with Crippen molar-refractivity contribution in [3.8, 4) is 0 Å². The van der Waals surface area contributed by atoms with Crippen LogP contribution in [0, 0.1) is 0 Å². The number of rotatable bonds is 8. The Hall–Kier alpha value is -1.41. The molecule has 1 heterocycles. The van der Waals surface area contributed by atoms with Crippen molar-refractivity contribution in [2.45, 2.75) is 43.9 Å². The van der Waals surface area contributed by atoms with Crippen LogP contribution in [0.1, 0.15) is 11.1 Å². The fourth-order valence-corrected chi connectivity index (χ4v) is 3.43. The maximum Gasteiger partial charge on any atom is 0.186 e. The highest BCUT2D eigenvalue weighted by molar-refractivity contribution is 7.80. The molecule has 1 aliphatic heterocycles. The van der Waals surface area contributed by atoms with Crippen LogP contribution in [0.4, 0.5) is 0 Å². The summed E-state index contributed by atoms with van der Waals surface area (Å²) < 4.78 is 23.5. The van der Waals surface area contributed by atoms with Gasteiger partial charge in [-0.2, -0.15) is 12.6 Å². The lowest BCUT2D eigenvalue weighted by molar-refractivity contribution is -0.306. The molecule has 0 unspecified atom stereocenters. The molecule has 6 heteroatoms. The van der Waals surface area contributed by atoms with Gasteiger partial charge < -0.3 is 24.1 Å². The van der Waals surface area contributed by atoms with E-state index in [1.54, 1.807) is 7.11 Å². The molecule has 2 aromatic rings. The monoisotopic (exact) mass is 390 g/mol. The molecule has 1 fully saturated rings. The molecule has 0 bridgehead atoms. The van der Waals surface area contributed by atoms with Gasteiger partial charge in [0.05, 0.1) is 19.3 Å². The minimum atomic E-state index is -0.863. The highest BCUT2D eigenvalue weighted by Crippen LogP contribution is 2.28. The van der Waals surface area contributed by atoms with E-state index in [4.69, 9.17) is 18.9 Å². The summed E-state index contributed by atoms with van der Waals surface area (Å²) in [5.41, 5.74) is 2.05. The molecule has 0 aliphatic carbocycles. The van der Waals surface area contributed by atoms with E-state index in [9.17, 15) is 5.11 Å². The molecular weight excluding hydrogens is 364 g/mol. The van der Waals surface area contributed by atoms with Crippen molar-refractivity contribution in [2.24, 2.45) is 0 Å². The van der Waals surface area contributed by atoms with Crippen LogP contribution in [0.15, 0.2) is 60.7 Å². The Morgan fingerprint density at radius 2 is 1.41 bits per heavy atom. The third-order valence-corrected chi connectivity index (χ3v) is 4.96. The van der Waals surface area contributed by atoms with Gasteiger partial charge >= 0.3 is 0 Å². The SMILES string of the molecule is CO[C@H]1O[C@H](CS)[C@@H](O)[C@H](OCc2ccccc2)[C@H]1OCc1ccccc1. The van der Waals surface area contributed by atoms with Gasteiger partial charge in [-0.1, -0.05) is 60.7 Å². The average molecular weight is 391 g/mol. The molecule has 2 aromatic carbocycles. The second-order valence-corrected chi connectivity index (χ2v) is 6.84. The normalized spacial score (nSPS) is 28.2. The van der Waals surface area contributed by atoms with Crippen LogP contribution in [0.2, 0.25) is 0 Å². The zero-order valence-electron chi connectivity index (χ0n) is 15.3. The molecule has 1 N–H and O–H groups in total. The average Bonchev–Trinajstić information content (AvgIpc) is 2.73. The lowest BCUT2D eigenvalue weighted by Gasteiger charge is -2.43. The molecular formula is C21H26O5S. The summed E-state index contributed by atoms with van der Waals surface area (Å²) in [6.45, 7) is 0.738. The molecule has 5 atom stereocenters. The fraction of sp³-hybridized carbons (Fsp3) is 0.429. The number of thiol groups is 1. The van der Waals surface area contributed by atoms with E-state index in [-0.39, 0.29) is 0 Å². The lowest BCUT2D eigenvalue weighted by Crippen LogP contribution is -2.60. The molecule has 1 saturated heterocycles. The van der Waals surface area contributed by atoms with Crippen LogP contribution in [0.5, 0.6) is 0 Å². The number of benzene rings is 2. The van der Waals surface area contributed by atoms with Crippen LogP contribution in [0.25, 0.3) is 0 Å². The second kappa shape index (κ2) is 10.2. The molecule has 0 amide bonds. The minimum Gasteiger partial charge on any atom is -0.388 e. The zero-order valence-corrected chi connectivity index (χ0v) is 16.2. The zero-order chi connectivity index (χ0) is 19.1. The van der Waals surface area contributed by atoms with Crippen molar-refractivity contribution in [3.05, 3.63) is 71.8 Å². The number of hydrogen-bond acceptors (Lipinski definition) is 6. The number of ether oxygens (including phenoxy) is 4. The smallest absolute Gasteiger partial charge is 0.186 e. The van der Waals surface area contributed by atoms with Gasteiger partial charge in [-0.05, 0) is 11.1 Å². The molecule has 0 saturated carbocycles. The maximum atomic E-state index is 10.8. The highest BCUT2D eigenvalue weighted by atomic mass is 32.1. The van der Waals surface area contributed by atoms with Gasteiger partial charge in [0, 0.05) is 12.9 Å². The van der Waals surface area contributed by atoms with E-state index in [1.165, 1.54) is 0 Å². The van der Waals surface area contributed by atoms with E-state index in [2.05, 4.69) is 12.6 Å². The number of hydrogen-bond donors (Lipinski definition) is 2. The van der Waals surface area contributed by atoms with E-state index in [0.29, 0.717) is 19.0 Å². The lowest BCUT2D eigenvalue weighted by atomic mass is 9.99. The fourth-order valence-electron chi connectivity index (χ4n) is 3.13. The third kappa shape index (κ3) is 5.31. The van der Waals surface area contributed by atoms with Crippen molar-refractivity contribution in [1.29, 1.82) is 0 Å². The van der Waals surface area contributed by atoms with Gasteiger partial charge in [-0.25, -0.2) is 0 Å². The van der Waals surface area contributed by atoms with Crippen molar-refractivity contribution in [2.75, 3.05) is 12.9 Å². The van der Waals surface area contributed by atoms with Crippen LogP contribution >= 0.6 is 12.6 Å². The van der Waals surface area contributed by atoms with E-state index in [0.717, 1.165) is 11.1 Å². The summed E-state index contributed by atoms with van der Waals surface area (Å²) in [7, 11) is 1.56. The molecule has 146 valence electrons. The standard InChI is InChI=1S/C21H26O5S/c1-23-21-20(25-13-16-10-6-3-7-11-16)19(18(22)17(14-27)26-21)24-12-15-8-4-2-5-9-15/h2-11,17-22,27H,12-14H2,1H3/t17-,18-,19+,20-,21+/m1/s1. The van der Waals surface area contributed by atoms with E-state index >= 15 is 0 Å². The Kier molecular flexibility index (Phi) is 7.70. The highest BCUT2D eigenvalue weighted by Gasteiger charge is 2.46. The molecule has 1 aliphatic rings. The first kappa shape index (κ1) is 20.3. The maximum absolute atomic E-state index is 10.8. The molecule has 0 spiro atoms. The summed E-state index contributed by atoms with van der Waals surface area (Å²) in [4.78, 5) is 0. The Labute approximate surface area is 165 Å². The van der Waals surface area contributed by atoms with Crippen molar-refractivity contribution < 1.29 is 24.1 Å². The van der Waals surface area contributed by atoms with E-state index in [1.807, 2.05) is 60.7 Å². The quantitative estimate of drug-likeness (QED) is 0.679. The molecule has 5 nitrogen and oxygen atoms in total. The summed E-state index contributed by atoms with van der Waals surface area (Å²) in [6.07, 6.45) is -3.15. The first-order valence-electron chi connectivity index (χ1n) is 9.01. The summed E-state index contributed by atoms with van der Waals surface area (Å²) in [5, 5.41) is 10.8.